The lowest BCUT2D eigenvalue weighted by atomic mass is 10.0. The van der Waals surface area contributed by atoms with Crippen LogP contribution < -0.4 is 10.2 Å². The van der Waals surface area contributed by atoms with Crippen molar-refractivity contribution in [3.63, 3.8) is 0 Å². The molecule has 1 aromatic carbocycles. The Bertz CT molecular complexity index is 753. The van der Waals surface area contributed by atoms with Gasteiger partial charge in [0.05, 0.1) is 6.04 Å². The molecule has 26 heavy (non-hydrogen) atoms. The summed E-state index contributed by atoms with van der Waals surface area (Å²) >= 11 is 0. The summed E-state index contributed by atoms with van der Waals surface area (Å²) < 4.78 is 0. The van der Waals surface area contributed by atoms with Crippen molar-refractivity contribution in [1.29, 1.82) is 0 Å². The Labute approximate surface area is 153 Å². The van der Waals surface area contributed by atoms with E-state index in [4.69, 9.17) is 0 Å². The van der Waals surface area contributed by atoms with E-state index in [1.807, 2.05) is 25.1 Å². The van der Waals surface area contributed by atoms with E-state index in [0.29, 0.717) is 11.3 Å². The molecule has 1 fully saturated rings. The summed E-state index contributed by atoms with van der Waals surface area (Å²) in [6.07, 6.45) is 1.80. The second-order valence-corrected chi connectivity index (χ2v) is 6.51. The van der Waals surface area contributed by atoms with Crippen molar-refractivity contribution in [1.82, 2.24) is 9.88 Å². The van der Waals surface area contributed by atoms with Crippen LogP contribution in [0.15, 0.2) is 48.7 Å². The average Bonchev–Trinajstić information content (AvgIpc) is 2.68. The Morgan fingerprint density at radius 2 is 1.73 bits per heavy atom. The number of piperazine rings is 1. The molecule has 1 aliphatic rings. The molecular formula is C20H24N4O2. The molecular weight excluding hydrogens is 328 g/mol. The van der Waals surface area contributed by atoms with Crippen molar-refractivity contribution in [3.8, 4) is 0 Å². The first-order valence-corrected chi connectivity index (χ1v) is 8.86. The van der Waals surface area contributed by atoms with E-state index in [9.17, 15) is 9.59 Å². The summed E-state index contributed by atoms with van der Waals surface area (Å²) in [5.41, 5.74) is 1.37. The standard InChI is InChI=1S/C20H24N4O2/c1-15(20(26)17-6-8-18(9-7-17)22-16(2)25)23-11-13-24(14-12-23)19-5-3-4-10-21-19/h3-10,15H,11-14H2,1-2H3,(H,22,25)/t15-/m1/s1. The summed E-state index contributed by atoms with van der Waals surface area (Å²) in [6.45, 7) is 6.79. The molecule has 6 nitrogen and oxygen atoms in total. The number of hydrogen-bond donors (Lipinski definition) is 1. The van der Waals surface area contributed by atoms with Gasteiger partial charge in [-0.2, -0.15) is 0 Å². The first-order valence-electron chi connectivity index (χ1n) is 8.86. The monoisotopic (exact) mass is 352 g/mol. The molecule has 1 N–H and O–H groups in total. The van der Waals surface area contributed by atoms with Gasteiger partial charge in [0.15, 0.2) is 5.78 Å². The van der Waals surface area contributed by atoms with Crippen LogP contribution in [0.25, 0.3) is 0 Å². The lowest BCUT2D eigenvalue weighted by molar-refractivity contribution is -0.114. The minimum absolute atomic E-state index is 0.102. The van der Waals surface area contributed by atoms with Crippen LogP contribution in [0, 0.1) is 0 Å². The lowest BCUT2D eigenvalue weighted by Gasteiger charge is -2.38. The molecule has 1 atom stereocenters. The predicted octanol–water partition coefficient (Wildman–Crippen LogP) is 2.43. The number of rotatable bonds is 5. The van der Waals surface area contributed by atoms with E-state index < -0.39 is 0 Å². The van der Waals surface area contributed by atoms with Gasteiger partial charge in [-0.15, -0.1) is 0 Å². The maximum atomic E-state index is 12.8. The normalized spacial score (nSPS) is 16.2. The highest BCUT2D eigenvalue weighted by atomic mass is 16.1. The van der Waals surface area contributed by atoms with Crippen molar-refractivity contribution < 1.29 is 9.59 Å². The number of pyridine rings is 1. The maximum absolute atomic E-state index is 12.8. The summed E-state index contributed by atoms with van der Waals surface area (Å²) in [7, 11) is 0. The van der Waals surface area contributed by atoms with Gasteiger partial charge >= 0.3 is 0 Å². The zero-order valence-electron chi connectivity index (χ0n) is 15.2. The van der Waals surface area contributed by atoms with Gasteiger partial charge in [-0.3, -0.25) is 14.5 Å². The minimum Gasteiger partial charge on any atom is -0.354 e. The van der Waals surface area contributed by atoms with Gasteiger partial charge in [0.1, 0.15) is 5.82 Å². The molecule has 0 bridgehead atoms. The highest BCUT2D eigenvalue weighted by Crippen LogP contribution is 2.17. The number of hydrogen-bond acceptors (Lipinski definition) is 5. The summed E-state index contributed by atoms with van der Waals surface area (Å²) in [5, 5.41) is 2.71. The molecule has 0 aliphatic carbocycles. The van der Waals surface area contributed by atoms with E-state index >= 15 is 0 Å². The Hall–Kier alpha value is -2.73. The SMILES string of the molecule is CC(=O)Nc1ccc(C(=O)[C@@H](C)N2CCN(c3ccccn3)CC2)cc1. The second kappa shape index (κ2) is 8.10. The number of amides is 1. The molecule has 3 rings (SSSR count). The van der Waals surface area contributed by atoms with Crippen LogP contribution in [0.2, 0.25) is 0 Å². The van der Waals surface area contributed by atoms with Gasteiger partial charge in [0.2, 0.25) is 5.91 Å². The third-order valence-corrected chi connectivity index (χ3v) is 4.70. The van der Waals surface area contributed by atoms with E-state index in [0.717, 1.165) is 32.0 Å². The Morgan fingerprint density at radius 1 is 1.04 bits per heavy atom. The van der Waals surface area contributed by atoms with E-state index in [2.05, 4.69) is 20.1 Å². The summed E-state index contributed by atoms with van der Waals surface area (Å²) in [6, 6.07) is 12.8. The highest BCUT2D eigenvalue weighted by Gasteiger charge is 2.26. The molecule has 1 saturated heterocycles. The second-order valence-electron chi connectivity index (χ2n) is 6.51. The minimum atomic E-state index is -0.174. The van der Waals surface area contributed by atoms with Crippen molar-refractivity contribution in [2.24, 2.45) is 0 Å². The number of carbonyl (C=O) groups excluding carboxylic acids is 2. The topological polar surface area (TPSA) is 65.5 Å². The number of ketones is 1. The van der Waals surface area contributed by atoms with Gasteiger partial charge in [-0.25, -0.2) is 4.98 Å². The molecule has 1 aromatic heterocycles. The highest BCUT2D eigenvalue weighted by molar-refractivity contribution is 6.00. The van der Waals surface area contributed by atoms with Gasteiger partial charge in [0, 0.05) is 50.6 Å². The largest absolute Gasteiger partial charge is 0.354 e. The van der Waals surface area contributed by atoms with Crippen molar-refractivity contribution in [2.75, 3.05) is 36.4 Å². The summed E-state index contributed by atoms with van der Waals surface area (Å²) in [4.78, 5) is 32.7. The van der Waals surface area contributed by atoms with Crippen LogP contribution in [-0.2, 0) is 4.79 Å². The Morgan fingerprint density at radius 3 is 2.31 bits per heavy atom. The number of Topliss-reactive ketones (excluding diaryl/α,β-unsaturated/α-hetero) is 1. The Kier molecular flexibility index (Phi) is 5.63. The third kappa shape index (κ3) is 4.26. The predicted molar refractivity (Wildman–Crippen MR) is 103 cm³/mol. The molecule has 2 aromatic rings. The Balaban J connectivity index is 1.58. The molecule has 136 valence electrons. The van der Waals surface area contributed by atoms with Crippen LogP contribution >= 0.6 is 0 Å². The molecule has 0 spiro atoms. The van der Waals surface area contributed by atoms with Gasteiger partial charge in [0.25, 0.3) is 0 Å². The maximum Gasteiger partial charge on any atom is 0.221 e. The molecule has 2 heterocycles. The van der Waals surface area contributed by atoms with Gasteiger partial charge in [-0.1, -0.05) is 6.07 Å². The molecule has 1 aliphatic heterocycles. The first kappa shape index (κ1) is 18.1. The smallest absolute Gasteiger partial charge is 0.221 e. The molecule has 0 unspecified atom stereocenters. The number of benzene rings is 1. The van der Waals surface area contributed by atoms with E-state index in [-0.39, 0.29) is 17.7 Å². The first-order chi connectivity index (χ1) is 12.5. The van der Waals surface area contributed by atoms with Crippen molar-refractivity contribution in [3.05, 3.63) is 54.2 Å². The van der Waals surface area contributed by atoms with Crippen molar-refractivity contribution in [2.45, 2.75) is 19.9 Å². The number of nitrogens with one attached hydrogen (secondary N) is 1. The van der Waals surface area contributed by atoms with Crippen LogP contribution in [0.4, 0.5) is 11.5 Å². The zero-order valence-corrected chi connectivity index (χ0v) is 15.2. The fraction of sp³-hybridized carbons (Fsp3) is 0.350. The zero-order chi connectivity index (χ0) is 18.5. The molecule has 0 saturated carbocycles. The van der Waals surface area contributed by atoms with Gasteiger partial charge < -0.3 is 10.2 Å². The van der Waals surface area contributed by atoms with Crippen LogP contribution in [0.5, 0.6) is 0 Å². The number of aromatic nitrogens is 1. The average molecular weight is 352 g/mol. The van der Waals surface area contributed by atoms with Gasteiger partial charge in [-0.05, 0) is 43.3 Å². The van der Waals surface area contributed by atoms with Crippen LogP contribution in [-0.4, -0.2) is 53.8 Å². The summed E-state index contributed by atoms with van der Waals surface area (Å²) in [5.74, 6) is 0.966. The van der Waals surface area contributed by atoms with E-state index in [1.165, 1.54) is 6.92 Å². The van der Waals surface area contributed by atoms with E-state index in [1.54, 1.807) is 30.5 Å². The molecule has 0 radical (unpaired) electrons. The van der Waals surface area contributed by atoms with Crippen LogP contribution in [0.3, 0.4) is 0 Å². The quantitative estimate of drug-likeness (QED) is 0.837. The number of nitrogens with zero attached hydrogens (tertiary/aromatic N) is 3. The fourth-order valence-corrected chi connectivity index (χ4v) is 3.21. The third-order valence-electron chi connectivity index (χ3n) is 4.70. The molecule has 1 amide bonds. The lowest BCUT2D eigenvalue weighted by Crippen LogP contribution is -2.52. The van der Waals surface area contributed by atoms with Crippen LogP contribution in [0.1, 0.15) is 24.2 Å². The van der Waals surface area contributed by atoms with Crippen molar-refractivity contribution >= 4 is 23.2 Å². The molecule has 6 heteroatoms. The fourth-order valence-electron chi connectivity index (χ4n) is 3.21. The number of carbonyl (C=O) groups is 2. The number of anilines is 2.